The number of hydrogen-bond acceptors (Lipinski definition) is 4. The zero-order chi connectivity index (χ0) is 22.1. The maximum absolute atomic E-state index is 13.8. The van der Waals surface area contributed by atoms with E-state index in [1.165, 1.54) is 6.92 Å². The summed E-state index contributed by atoms with van der Waals surface area (Å²) in [5.74, 6) is 1.80. The van der Waals surface area contributed by atoms with Gasteiger partial charge in [0.2, 0.25) is 0 Å². The van der Waals surface area contributed by atoms with E-state index in [9.17, 15) is 14.4 Å². The molecule has 4 fully saturated rings. The predicted molar refractivity (Wildman–Crippen MR) is 123 cm³/mol. The number of carbonyl (C=O) groups excluding carboxylic acids is 3. The summed E-state index contributed by atoms with van der Waals surface area (Å²) in [6, 6.07) is 0. The Hall–Kier alpha value is -0.230. The zero-order valence-electron chi connectivity index (χ0n) is 18.5. The molecule has 0 aromatic rings. The molecule has 6 heteroatoms. The van der Waals surface area contributed by atoms with E-state index in [2.05, 4.69) is 52.6 Å². The standard InChI is InChI=1S/C24H34Br2O4/c1-13-9-18-17-6-5-15-10-16(30-14(2)27)7-8-22(15,3)21(17)19(28)11-23(18,4)24(13,26)20(29)12-25/h13,15-18,21H,5-12H2,1-4H3/t13-,15?,16-,17+,18+,21-,22+,23+,24+/m1/s1. The first kappa shape index (κ1) is 22.9. The van der Waals surface area contributed by atoms with E-state index in [1.54, 1.807) is 0 Å². The summed E-state index contributed by atoms with van der Waals surface area (Å²) in [4.78, 5) is 38.3. The molecule has 0 radical (unpaired) electrons. The van der Waals surface area contributed by atoms with Gasteiger partial charge in [0, 0.05) is 24.7 Å². The SMILES string of the molecule is CC(=O)O[C@@H]1CC[C@@]2(C)C(CC[C@@H]3[C@@H]2C(=O)C[C@@]2(C)[C@H]3C[C@@H](C)[C@]2(Br)C(=O)CBr)C1. The van der Waals surface area contributed by atoms with Crippen molar-refractivity contribution in [2.24, 2.45) is 40.4 Å². The first-order valence-electron chi connectivity index (χ1n) is 11.5. The Labute approximate surface area is 196 Å². The van der Waals surface area contributed by atoms with Gasteiger partial charge in [0.05, 0.1) is 9.65 Å². The van der Waals surface area contributed by atoms with Gasteiger partial charge in [0.25, 0.3) is 0 Å². The number of halogens is 2. The minimum absolute atomic E-state index is 0.000622. The second-order valence-electron chi connectivity index (χ2n) is 11.0. The molecule has 0 saturated heterocycles. The minimum Gasteiger partial charge on any atom is -0.463 e. The van der Waals surface area contributed by atoms with E-state index in [1.807, 2.05) is 0 Å². The van der Waals surface area contributed by atoms with Crippen LogP contribution in [-0.2, 0) is 19.1 Å². The molecule has 0 heterocycles. The highest BCUT2D eigenvalue weighted by molar-refractivity contribution is 9.11. The van der Waals surface area contributed by atoms with Crippen LogP contribution in [0.1, 0.15) is 72.6 Å². The first-order chi connectivity index (χ1) is 14.0. The number of esters is 1. The first-order valence-corrected chi connectivity index (χ1v) is 13.4. The number of carbonyl (C=O) groups is 3. The molecule has 0 spiro atoms. The number of hydrogen-bond donors (Lipinski definition) is 0. The molecule has 0 aliphatic heterocycles. The van der Waals surface area contributed by atoms with E-state index in [0.717, 1.165) is 38.5 Å². The third-order valence-electron chi connectivity index (χ3n) is 9.67. The molecule has 9 atom stereocenters. The summed E-state index contributed by atoms with van der Waals surface area (Å²) in [5.41, 5.74) is -0.341. The molecule has 0 N–H and O–H groups in total. The lowest BCUT2D eigenvalue weighted by atomic mass is 9.44. The van der Waals surface area contributed by atoms with Gasteiger partial charge < -0.3 is 4.74 Å². The Morgan fingerprint density at radius 2 is 1.87 bits per heavy atom. The fraction of sp³-hybridized carbons (Fsp3) is 0.875. The number of ether oxygens (including phenoxy) is 1. The monoisotopic (exact) mass is 544 g/mol. The molecule has 4 rings (SSSR count). The summed E-state index contributed by atoms with van der Waals surface area (Å²) in [7, 11) is 0. The molecule has 4 aliphatic rings. The van der Waals surface area contributed by atoms with Crippen molar-refractivity contribution in [3.05, 3.63) is 0 Å². The van der Waals surface area contributed by atoms with Crippen LogP contribution in [0.3, 0.4) is 0 Å². The van der Waals surface area contributed by atoms with Crippen LogP contribution >= 0.6 is 31.9 Å². The number of ketones is 2. The zero-order valence-corrected chi connectivity index (χ0v) is 21.7. The van der Waals surface area contributed by atoms with Crippen LogP contribution in [0.2, 0.25) is 0 Å². The maximum atomic E-state index is 13.8. The van der Waals surface area contributed by atoms with Crippen molar-refractivity contribution in [3.8, 4) is 0 Å². The van der Waals surface area contributed by atoms with Crippen LogP contribution < -0.4 is 0 Å². The normalized spacial score (nSPS) is 50.3. The molecule has 0 bridgehead atoms. The highest BCUT2D eigenvalue weighted by Gasteiger charge is 2.70. The van der Waals surface area contributed by atoms with Crippen LogP contribution in [0.4, 0.5) is 0 Å². The fourth-order valence-corrected chi connectivity index (χ4v) is 9.95. The topological polar surface area (TPSA) is 60.4 Å². The fourth-order valence-electron chi connectivity index (χ4n) is 8.37. The van der Waals surface area contributed by atoms with Crippen LogP contribution in [0.5, 0.6) is 0 Å². The Morgan fingerprint density at radius 1 is 1.17 bits per heavy atom. The van der Waals surface area contributed by atoms with E-state index in [4.69, 9.17) is 4.74 Å². The van der Waals surface area contributed by atoms with Crippen LogP contribution in [0.25, 0.3) is 0 Å². The van der Waals surface area contributed by atoms with Crippen LogP contribution in [-0.4, -0.2) is 33.3 Å². The van der Waals surface area contributed by atoms with Gasteiger partial charge in [-0.3, -0.25) is 14.4 Å². The Kier molecular flexibility index (Phi) is 5.87. The van der Waals surface area contributed by atoms with Crippen molar-refractivity contribution in [3.63, 3.8) is 0 Å². The molecule has 0 amide bonds. The average molecular weight is 546 g/mol. The van der Waals surface area contributed by atoms with Gasteiger partial charge in [-0.15, -0.1) is 0 Å². The predicted octanol–water partition coefficient (Wildman–Crippen LogP) is 5.48. The van der Waals surface area contributed by atoms with Crippen molar-refractivity contribution < 1.29 is 19.1 Å². The molecule has 0 aromatic carbocycles. The quantitative estimate of drug-likeness (QED) is 0.348. The average Bonchev–Trinajstić information content (AvgIpc) is 2.88. The van der Waals surface area contributed by atoms with Crippen molar-refractivity contribution in [2.45, 2.75) is 83.1 Å². The number of alkyl halides is 2. The van der Waals surface area contributed by atoms with Gasteiger partial charge in [-0.25, -0.2) is 0 Å². The summed E-state index contributed by atoms with van der Waals surface area (Å²) < 4.78 is 4.92. The molecule has 168 valence electrons. The number of rotatable bonds is 3. The Bertz CT molecular complexity index is 768. The summed E-state index contributed by atoms with van der Waals surface area (Å²) in [6.45, 7) is 8.17. The molecule has 1 unspecified atom stereocenters. The van der Waals surface area contributed by atoms with Gasteiger partial charge in [0.15, 0.2) is 5.78 Å². The maximum Gasteiger partial charge on any atom is 0.302 e. The van der Waals surface area contributed by atoms with Crippen molar-refractivity contribution in [1.82, 2.24) is 0 Å². The number of fused-ring (bicyclic) bond motifs is 5. The van der Waals surface area contributed by atoms with Crippen molar-refractivity contribution in [1.29, 1.82) is 0 Å². The lowest BCUT2D eigenvalue weighted by Crippen LogP contribution is -2.61. The summed E-state index contributed by atoms with van der Waals surface area (Å²) in [6.07, 6.45) is 6.31. The second kappa shape index (κ2) is 7.67. The lowest BCUT2D eigenvalue weighted by Gasteiger charge is -2.60. The van der Waals surface area contributed by atoms with E-state index in [0.29, 0.717) is 35.3 Å². The third kappa shape index (κ3) is 3.05. The highest BCUT2D eigenvalue weighted by atomic mass is 79.9. The molecular weight excluding hydrogens is 512 g/mol. The van der Waals surface area contributed by atoms with Gasteiger partial charge in [-0.1, -0.05) is 52.6 Å². The minimum atomic E-state index is -0.625. The van der Waals surface area contributed by atoms with Gasteiger partial charge in [-0.2, -0.15) is 0 Å². The summed E-state index contributed by atoms with van der Waals surface area (Å²) in [5, 5.41) is 0.324. The van der Waals surface area contributed by atoms with E-state index in [-0.39, 0.29) is 40.5 Å². The van der Waals surface area contributed by atoms with Crippen molar-refractivity contribution in [2.75, 3.05) is 5.33 Å². The highest BCUT2D eigenvalue weighted by Crippen LogP contribution is 2.70. The molecule has 30 heavy (non-hydrogen) atoms. The van der Waals surface area contributed by atoms with E-state index < -0.39 is 4.32 Å². The Morgan fingerprint density at radius 3 is 2.50 bits per heavy atom. The number of Topliss-reactive ketones (excluding diaryl/α,β-unsaturated/α-hetero) is 2. The van der Waals surface area contributed by atoms with E-state index >= 15 is 0 Å². The molecule has 0 aromatic heterocycles. The van der Waals surface area contributed by atoms with Gasteiger partial charge in [0.1, 0.15) is 11.9 Å². The Balaban J connectivity index is 1.65. The molecular formula is C24H34Br2O4. The lowest BCUT2D eigenvalue weighted by molar-refractivity contribution is -0.168. The second-order valence-corrected chi connectivity index (χ2v) is 12.8. The van der Waals surface area contributed by atoms with Crippen LogP contribution in [0.15, 0.2) is 0 Å². The summed E-state index contributed by atoms with van der Waals surface area (Å²) >= 11 is 7.30. The van der Waals surface area contributed by atoms with Crippen molar-refractivity contribution >= 4 is 49.4 Å². The van der Waals surface area contributed by atoms with Crippen LogP contribution in [0, 0.1) is 40.4 Å². The van der Waals surface area contributed by atoms with Gasteiger partial charge in [-0.05, 0) is 67.6 Å². The molecule has 4 nitrogen and oxygen atoms in total. The third-order valence-corrected chi connectivity index (χ3v) is 12.3. The molecule has 4 saturated carbocycles. The smallest absolute Gasteiger partial charge is 0.302 e. The largest absolute Gasteiger partial charge is 0.463 e. The van der Waals surface area contributed by atoms with Gasteiger partial charge >= 0.3 is 5.97 Å². The molecule has 4 aliphatic carbocycles.